The zero-order valence-corrected chi connectivity index (χ0v) is 14.8. The molecule has 0 atom stereocenters. The first-order valence-corrected chi connectivity index (χ1v) is 8.38. The molecule has 0 aliphatic heterocycles. The van der Waals surface area contributed by atoms with Crippen LogP contribution in [0.4, 0.5) is 30.2 Å². The minimum atomic E-state index is -1.58. The molecule has 2 N–H and O–H groups in total. The van der Waals surface area contributed by atoms with Gasteiger partial charge in [-0.25, -0.2) is 13.2 Å². The normalized spacial score (nSPS) is 10.4. The number of carbonyl (C=O) groups excluding carboxylic acids is 1. The van der Waals surface area contributed by atoms with Crippen molar-refractivity contribution in [1.82, 2.24) is 4.98 Å². The lowest BCUT2D eigenvalue weighted by Gasteiger charge is -2.10. The fraction of sp³-hybridized carbons (Fsp3) is 0.100. The summed E-state index contributed by atoms with van der Waals surface area (Å²) in [5.41, 5.74) is 0.627. The maximum Gasteiger partial charge on any atom is 0.274 e. The second-order valence-corrected chi connectivity index (χ2v) is 5.69. The fourth-order valence-electron chi connectivity index (χ4n) is 2.41. The Labute approximate surface area is 159 Å². The van der Waals surface area contributed by atoms with Crippen molar-refractivity contribution < 1.29 is 22.7 Å². The number of nitrogens with zero attached hydrogens (tertiary/aromatic N) is 1. The van der Waals surface area contributed by atoms with E-state index in [4.69, 9.17) is 4.74 Å². The van der Waals surface area contributed by atoms with Crippen molar-refractivity contribution in [2.45, 2.75) is 6.92 Å². The van der Waals surface area contributed by atoms with Crippen molar-refractivity contribution in [2.24, 2.45) is 0 Å². The maximum atomic E-state index is 13.8. The second-order valence-electron chi connectivity index (χ2n) is 5.69. The molecule has 1 heterocycles. The van der Waals surface area contributed by atoms with E-state index in [1.807, 2.05) is 6.92 Å². The lowest BCUT2D eigenvalue weighted by atomic mass is 10.2. The standard InChI is InChI=1S/C20H16F3N3O2/c1-2-28-14-5-3-12(4-6-14)26-20(27)17-11-13(9-10-24-17)25-16-8-7-15(21)18(22)19(16)23/h3-11H,2H2,1H3,(H,24,25)(H,26,27). The van der Waals surface area contributed by atoms with E-state index in [0.29, 0.717) is 18.0 Å². The zero-order chi connectivity index (χ0) is 20.1. The first-order chi connectivity index (χ1) is 13.5. The van der Waals surface area contributed by atoms with E-state index in [2.05, 4.69) is 15.6 Å². The molecule has 2 aromatic carbocycles. The molecular weight excluding hydrogens is 371 g/mol. The summed E-state index contributed by atoms with van der Waals surface area (Å²) in [6.45, 7) is 2.41. The van der Waals surface area contributed by atoms with Gasteiger partial charge in [0, 0.05) is 17.6 Å². The number of nitrogens with one attached hydrogen (secondary N) is 2. The largest absolute Gasteiger partial charge is 0.494 e. The van der Waals surface area contributed by atoms with Gasteiger partial charge in [-0.05, 0) is 55.5 Å². The molecule has 0 aliphatic rings. The summed E-state index contributed by atoms with van der Waals surface area (Å²) in [6, 6.07) is 11.5. The smallest absolute Gasteiger partial charge is 0.274 e. The number of anilines is 3. The number of hydrogen-bond acceptors (Lipinski definition) is 4. The highest BCUT2D eigenvalue weighted by molar-refractivity contribution is 6.03. The Morgan fingerprint density at radius 1 is 1.00 bits per heavy atom. The molecule has 0 saturated heterocycles. The molecule has 0 spiro atoms. The fourth-order valence-corrected chi connectivity index (χ4v) is 2.41. The number of ether oxygens (including phenoxy) is 1. The number of pyridine rings is 1. The highest BCUT2D eigenvalue weighted by Crippen LogP contribution is 2.24. The summed E-state index contributed by atoms with van der Waals surface area (Å²) in [4.78, 5) is 16.4. The summed E-state index contributed by atoms with van der Waals surface area (Å²) >= 11 is 0. The number of carbonyl (C=O) groups is 1. The van der Waals surface area contributed by atoms with Crippen LogP contribution in [-0.2, 0) is 0 Å². The maximum absolute atomic E-state index is 13.8. The minimum absolute atomic E-state index is 0.0573. The van der Waals surface area contributed by atoms with Crippen molar-refractivity contribution in [3.8, 4) is 5.75 Å². The van der Waals surface area contributed by atoms with Gasteiger partial charge in [-0.15, -0.1) is 0 Å². The molecule has 144 valence electrons. The van der Waals surface area contributed by atoms with Gasteiger partial charge in [0.1, 0.15) is 11.4 Å². The van der Waals surface area contributed by atoms with Gasteiger partial charge in [0.05, 0.1) is 12.3 Å². The van der Waals surface area contributed by atoms with Crippen LogP contribution < -0.4 is 15.4 Å². The molecule has 0 fully saturated rings. The van der Waals surface area contributed by atoms with Crippen molar-refractivity contribution >= 4 is 23.0 Å². The molecule has 0 radical (unpaired) electrons. The van der Waals surface area contributed by atoms with Crippen molar-refractivity contribution in [2.75, 3.05) is 17.2 Å². The summed E-state index contributed by atoms with van der Waals surface area (Å²) in [5, 5.41) is 5.28. The Morgan fingerprint density at radius 3 is 2.46 bits per heavy atom. The monoisotopic (exact) mass is 387 g/mol. The molecule has 0 bridgehead atoms. The van der Waals surface area contributed by atoms with Gasteiger partial charge < -0.3 is 15.4 Å². The molecule has 28 heavy (non-hydrogen) atoms. The number of aromatic nitrogens is 1. The predicted molar refractivity (Wildman–Crippen MR) is 99.4 cm³/mol. The highest BCUT2D eigenvalue weighted by atomic mass is 19.2. The number of benzene rings is 2. The van der Waals surface area contributed by atoms with Gasteiger partial charge in [0.15, 0.2) is 17.5 Å². The van der Waals surface area contributed by atoms with Crippen LogP contribution in [0.2, 0.25) is 0 Å². The molecule has 5 nitrogen and oxygen atoms in total. The van der Waals surface area contributed by atoms with E-state index in [-0.39, 0.29) is 17.1 Å². The number of hydrogen-bond donors (Lipinski definition) is 2. The van der Waals surface area contributed by atoms with Crippen LogP contribution in [0.5, 0.6) is 5.75 Å². The minimum Gasteiger partial charge on any atom is -0.494 e. The summed E-state index contributed by atoms with van der Waals surface area (Å²) in [6.07, 6.45) is 1.34. The van der Waals surface area contributed by atoms with E-state index in [1.54, 1.807) is 24.3 Å². The van der Waals surface area contributed by atoms with E-state index in [1.165, 1.54) is 18.3 Å². The first-order valence-electron chi connectivity index (χ1n) is 8.38. The van der Waals surface area contributed by atoms with Gasteiger partial charge in [0.25, 0.3) is 5.91 Å². The molecule has 0 unspecified atom stereocenters. The quantitative estimate of drug-likeness (QED) is 0.591. The van der Waals surface area contributed by atoms with Crippen LogP contribution in [0.1, 0.15) is 17.4 Å². The van der Waals surface area contributed by atoms with Gasteiger partial charge in [-0.1, -0.05) is 0 Å². The topological polar surface area (TPSA) is 63.2 Å². The third-order valence-electron chi connectivity index (χ3n) is 3.73. The molecular formula is C20H16F3N3O2. The van der Waals surface area contributed by atoms with Crippen molar-refractivity contribution in [1.29, 1.82) is 0 Å². The number of amides is 1. The van der Waals surface area contributed by atoms with Gasteiger partial charge in [-0.3, -0.25) is 9.78 Å². The van der Waals surface area contributed by atoms with E-state index in [9.17, 15) is 18.0 Å². The number of rotatable bonds is 6. The Morgan fingerprint density at radius 2 is 1.75 bits per heavy atom. The Kier molecular flexibility index (Phi) is 5.78. The van der Waals surface area contributed by atoms with Gasteiger partial charge >= 0.3 is 0 Å². The first kappa shape index (κ1) is 19.2. The second kappa shape index (κ2) is 8.43. The Hall–Kier alpha value is -3.55. The summed E-state index contributed by atoms with van der Waals surface area (Å²) in [5.74, 6) is -4.02. The van der Waals surface area contributed by atoms with Crippen LogP contribution in [-0.4, -0.2) is 17.5 Å². The SMILES string of the molecule is CCOc1ccc(NC(=O)c2cc(Nc3ccc(F)c(F)c3F)ccn2)cc1. The molecule has 3 rings (SSSR count). The third kappa shape index (κ3) is 4.40. The molecule has 1 aromatic heterocycles. The average Bonchev–Trinajstić information content (AvgIpc) is 2.70. The van der Waals surface area contributed by atoms with Gasteiger partial charge in [0.2, 0.25) is 0 Å². The van der Waals surface area contributed by atoms with Crippen LogP contribution in [0.3, 0.4) is 0 Å². The Bertz CT molecular complexity index is 994. The lowest BCUT2D eigenvalue weighted by molar-refractivity contribution is 0.102. The molecule has 3 aromatic rings. The molecule has 0 saturated carbocycles. The van der Waals surface area contributed by atoms with Crippen LogP contribution in [0.15, 0.2) is 54.7 Å². The average molecular weight is 387 g/mol. The third-order valence-corrected chi connectivity index (χ3v) is 3.73. The number of halogens is 3. The van der Waals surface area contributed by atoms with E-state index in [0.717, 1.165) is 12.1 Å². The summed E-state index contributed by atoms with van der Waals surface area (Å²) < 4.78 is 45.5. The van der Waals surface area contributed by atoms with Crippen molar-refractivity contribution in [3.63, 3.8) is 0 Å². The molecule has 1 amide bonds. The van der Waals surface area contributed by atoms with Crippen LogP contribution in [0.25, 0.3) is 0 Å². The van der Waals surface area contributed by atoms with Crippen LogP contribution in [0, 0.1) is 17.5 Å². The van der Waals surface area contributed by atoms with E-state index >= 15 is 0 Å². The lowest BCUT2D eigenvalue weighted by Crippen LogP contribution is -2.13. The van der Waals surface area contributed by atoms with Crippen molar-refractivity contribution in [3.05, 3.63) is 77.9 Å². The predicted octanol–water partition coefficient (Wildman–Crippen LogP) is 4.89. The summed E-state index contributed by atoms with van der Waals surface area (Å²) in [7, 11) is 0. The van der Waals surface area contributed by atoms with Gasteiger partial charge in [-0.2, -0.15) is 0 Å². The molecule has 8 heteroatoms. The molecule has 0 aliphatic carbocycles. The zero-order valence-electron chi connectivity index (χ0n) is 14.8. The highest BCUT2D eigenvalue weighted by Gasteiger charge is 2.14. The van der Waals surface area contributed by atoms with Crippen LogP contribution >= 0.6 is 0 Å². The Balaban J connectivity index is 1.73. The van der Waals surface area contributed by atoms with E-state index < -0.39 is 23.4 Å².